The Hall–Kier alpha value is -1.97. The average molecular weight is 484 g/mol. The van der Waals surface area contributed by atoms with Crippen molar-refractivity contribution in [2.24, 2.45) is 12.5 Å². The van der Waals surface area contributed by atoms with Crippen LogP contribution in [0.25, 0.3) is 0 Å². The molecule has 2 N–H and O–H groups in total. The fraction of sp³-hybridized carbons (Fsp3) is 0.545. The third-order valence-corrected chi connectivity index (χ3v) is 8.08. The molecule has 1 aromatic carbocycles. The standard InChI is InChI=1S/C22H27ClFN3O4S/c1-27-13-25-18(19(27)20(28)26-15-3-4-17(24)16(23)9-15)14-5-7-21(8-6-14)10-22(29,11-21)12-32(2,30)31/h3-4,9,13-14,29H,5-8,10-12H2,1-2H3,(H,26,28). The number of aliphatic hydroxyl groups is 1. The molecule has 4 rings (SSSR count). The third-order valence-electron chi connectivity index (χ3n) is 6.73. The molecule has 1 spiro atoms. The monoisotopic (exact) mass is 483 g/mol. The molecule has 0 atom stereocenters. The molecule has 2 aliphatic carbocycles. The topological polar surface area (TPSA) is 101 Å². The number of anilines is 1. The Bertz CT molecular complexity index is 1150. The van der Waals surface area contributed by atoms with Crippen molar-refractivity contribution >= 4 is 33.0 Å². The third kappa shape index (κ3) is 4.70. The first kappa shape index (κ1) is 23.2. The van der Waals surface area contributed by atoms with Gasteiger partial charge in [-0.1, -0.05) is 11.6 Å². The molecule has 2 aliphatic rings. The molecular weight excluding hydrogens is 457 g/mol. The van der Waals surface area contributed by atoms with Crippen LogP contribution in [-0.4, -0.2) is 46.6 Å². The summed E-state index contributed by atoms with van der Waals surface area (Å²) >= 11 is 5.81. The summed E-state index contributed by atoms with van der Waals surface area (Å²) in [4.78, 5) is 17.5. The Morgan fingerprint density at radius 3 is 2.59 bits per heavy atom. The molecule has 0 saturated heterocycles. The number of carbonyl (C=O) groups excluding carboxylic acids is 1. The largest absolute Gasteiger partial charge is 0.389 e. The van der Waals surface area contributed by atoms with E-state index in [-0.39, 0.29) is 28.0 Å². The van der Waals surface area contributed by atoms with Gasteiger partial charge in [0.15, 0.2) is 0 Å². The van der Waals surface area contributed by atoms with Crippen molar-refractivity contribution in [3.63, 3.8) is 0 Å². The van der Waals surface area contributed by atoms with Crippen LogP contribution in [0.3, 0.4) is 0 Å². The van der Waals surface area contributed by atoms with Crippen molar-refractivity contribution in [1.29, 1.82) is 0 Å². The molecule has 7 nitrogen and oxygen atoms in total. The predicted octanol–water partition coefficient (Wildman–Crippen LogP) is 3.68. The second kappa shape index (κ2) is 8.11. The summed E-state index contributed by atoms with van der Waals surface area (Å²) in [5, 5.41) is 13.3. The Morgan fingerprint density at radius 1 is 1.34 bits per heavy atom. The Morgan fingerprint density at radius 2 is 2.00 bits per heavy atom. The molecule has 0 aliphatic heterocycles. The Labute approximate surface area is 191 Å². The first-order chi connectivity index (χ1) is 14.9. The van der Waals surface area contributed by atoms with E-state index >= 15 is 0 Å². The van der Waals surface area contributed by atoms with Gasteiger partial charge in [-0.2, -0.15) is 0 Å². The van der Waals surface area contributed by atoms with Gasteiger partial charge in [0.25, 0.3) is 5.91 Å². The van der Waals surface area contributed by atoms with Gasteiger partial charge in [0.2, 0.25) is 0 Å². The summed E-state index contributed by atoms with van der Waals surface area (Å²) < 4.78 is 38.2. The number of carbonyl (C=O) groups is 1. The maximum absolute atomic E-state index is 13.4. The van der Waals surface area contributed by atoms with Crippen LogP contribution >= 0.6 is 11.6 Å². The van der Waals surface area contributed by atoms with Crippen LogP contribution in [0.4, 0.5) is 10.1 Å². The summed E-state index contributed by atoms with van der Waals surface area (Å²) in [6.07, 6.45) is 7.11. The molecule has 2 aromatic rings. The minimum Gasteiger partial charge on any atom is -0.389 e. The van der Waals surface area contributed by atoms with Gasteiger partial charge in [-0.3, -0.25) is 4.79 Å². The molecule has 174 valence electrons. The van der Waals surface area contributed by atoms with E-state index in [9.17, 15) is 22.7 Å². The summed E-state index contributed by atoms with van der Waals surface area (Å²) in [6.45, 7) is 0. The highest BCUT2D eigenvalue weighted by Crippen LogP contribution is 2.59. The van der Waals surface area contributed by atoms with Gasteiger partial charge in [0.05, 0.1) is 28.4 Å². The number of aromatic nitrogens is 2. The minimum atomic E-state index is -3.23. The number of sulfone groups is 1. The van der Waals surface area contributed by atoms with Crippen molar-refractivity contribution in [2.45, 2.75) is 50.0 Å². The van der Waals surface area contributed by atoms with Crippen LogP contribution in [0.5, 0.6) is 0 Å². The SMILES string of the molecule is Cn1cnc(C2CCC3(CC2)CC(O)(CS(C)(=O)=O)C3)c1C(=O)Nc1ccc(F)c(Cl)c1. The molecule has 10 heteroatoms. The van der Waals surface area contributed by atoms with Gasteiger partial charge in [0.1, 0.15) is 21.3 Å². The van der Waals surface area contributed by atoms with E-state index in [2.05, 4.69) is 10.3 Å². The molecule has 1 amide bonds. The first-order valence-electron chi connectivity index (χ1n) is 10.6. The van der Waals surface area contributed by atoms with Crippen LogP contribution in [0, 0.1) is 11.2 Å². The van der Waals surface area contributed by atoms with E-state index in [0.29, 0.717) is 24.2 Å². The number of halogens is 2. The number of nitrogens with one attached hydrogen (secondary N) is 1. The number of amides is 1. The van der Waals surface area contributed by atoms with Crippen LogP contribution in [-0.2, 0) is 16.9 Å². The highest BCUT2D eigenvalue weighted by molar-refractivity contribution is 7.90. The van der Waals surface area contributed by atoms with E-state index < -0.39 is 21.3 Å². The fourth-order valence-corrected chi connectivity index (χ4v) is 6.94. The molecular formula is C22H27ClFN3O4S. The lowest BCUT2D eigenvalue weighted by Crippen LogP contribution is -2.56. The second-order valence-corrected chi connectivity index (χ2v) is 12.1. The molecule has 2 fully saturated rings. The molecule has 32 heavy (non-hydrogen) atoms. The van der Waals surface area contributed by atoms with Crippen molar-refractivity contribution in [3.05, 3.63) is 46.8 Å². The zero-order valence-corrected chi connectivity index (χ0v) is 19.6. The number of hydrogen-bond donors (Lipinski definition) is 2. The maximum atomic E-state index is 13.4. The van der Waals surface area contributed by atoms with Gasteiger partial charge in [-0.15, -0.1) is 0 Å². The lowest BCUT2D eigenvalue weighted by molar-refractivity contribution is -0.129. The molecule has 1 aromatic heterocycles. The van der Waals surface area contributed by atoms with Crippen LogP contribution in [0.1, 0.15) is 60.6 Å². The summed E-state index contributed by atoms with van der Waals surface area (Å²) in [5.74, 6) is -0.984. The summed E-state index contributed by atoms with van der Waals surface area (Å²) in [6, 6.07) is 4.02. The zero-order valence-electron chi connectivity index (χ0n) is 18.1. The van der Waals surface area contributed by atoms with Gasteiger partial charge in [-0.25, -0.2) is 17.8 Å². The van der Waals surface area contributed by atoms with Crippen molar-refractivity contribution in [3.8, 4) is 0 Å². The first-order valence-corrected chi connectivity index (χ1v) is 13.0. The van der Waals surface area contributed by atoms with Gasteiger partial charge >= 0.3 is 0 Å². The zero-order chi connectivity index (χ0) is 23.3. The number of imidazole rings is 1. The van der Waals surface area contributed by atoms with Crippen LogP contribution in [0.15, 0.2) is 24.5 Å². The van der Waals surface area contributed by atoms with E-state index in [1.165, 1.54) is 18.2 Å². The highest BCUT2D eigenvalue weighted by Gasteiger charge is 2.55. The normalized spacial score (nSPS) is 27.8. The lowest BCUT2D eigenvalue weighted by Gasteiger charge is -2.56. The number of benzene rings is 1. The second-order valence-electron chi connectivity index (χ2n) is 9.59. The summed E-state index contributed by atoms with van der Waals surface area (Å²) in [5.41, 5.74) is 0.424. The Balaban J connectivity index is 1.43. The molecule has 0 bridgehead atoms. The molecule has 2 saturated carbocycles. The van der Waals surface area contributed by atoms with Crippen molar-refractivity contribution in [1.82, 2.24) is 9.55 Å². The maximum Gasteiger partial charge on any atom is 0.274 e. The van der Waals surface area contributed by atoms with E-state index in [1.807, 2.05) is 0 Å². The van der Waals surface area contributed by atoms with E-state index in [0.717, 1.165) is 37.6 Å². The minimum absolute atomic E-state index is 0.0298. The lowest BCUT2D eigenvalue weighted by atomic mass is 9.53. The van der Waals surface area contributed by atoms with Crippen LogP contribution < -0.4 is 5.32 Å². The smallest absolute Gasteiger partial charge is 0.274 e. The molecule has 0 radical (unpaired) electrons. The quantitative estimate of drug-likeness (QED) is 0.675. The highest BCUT2D eigenvalue weighted by atomic mass is 35.5. The van der Waals surface area contributed by atoms with Crippen molar-refractivity contribution in [2.75, 3.05) is 17.3 Å². The van der Waals surface area contributed by atoms with Gasteiger partial charge in [-0.05, 0) is 62.1 Å². The van der Waals surface area contributed by atoms with Crippen molar-refractivity contribution < 1.29 is 22.7 Å². The number of nitrogens with zero attached hydrogens (tertiary/aromatic N) is 2. The Kier molecular flexibility index (Phi) is 5.88. The average Bonchev–Trinajstić information content (AvgIpc) is 3.04. The van der Waals surface area contributed by atoms with E-state index in [4.69, 9.17) is 11.6 Å². The van der Waals surface area contributed by atoms with Gasteiger partial charge < -0.3 is 15.0 Å². The van der Waals surface area contributed by atoms with Gasteiger partial charge in [0, 0.05) is 24.9 Å². The molecule has 1 heterocycles. The number of aryl methyl sites for hydroxylation is 1. The summed E-state index contributed by atoms with van der Waals surface area (Å²) in [7, 11) is -1.48. The number of hydrogen-bond acceptors (Lipinski definition) is 5. The molecule has 0 unspecified atom stereocenters. The number of rotatable bonds is 5. The predicted molar refractivity (Wildman–Crippen MR) is 120 cm³/mol. The fourth-order valence-electron chi connectivity index (χ4n) is 5.58. The van der Waals surface area contributed by atoms with E-state index in [1.54, 1.807) is 17.9 Å². The van der Waals surface area contributed by atoms with Crippen LogP contribution in [0.2, 0.25) is 5.02 Å².